The fourth-order valence-electron chi connectivity index (χ4n) is 3.17. The van der Waals surface area contributed by atoms with Gasteiger partial charge in [-0.25, -0.2) is 18.6 Å². The van der Waals surface area contributed by atoms with Crippen molar-refractivity contribution in [2.45, 2.75) is 32.8 Å². The van der Waals surface area contributed by atoms with Gasteiger partial charge in [0.2, 0.25) is 5.91 Å². The van der Waals surface area contributed by atoms with E-state index in [-0.39, 0.29) is 40.9 Å². The number of aromatic nitrogens is 2. The number of hydrogen-bond donors (Lipinski definition) is 2. The first-order chi connectivity index (χ1) is 15.0. The summed E-state index contributed by atoms with van der Waals surface area (Å²) in [6, 6.07) is 7.01. The van der Waals surface area contributed by atoms with Crippen molar-refractivity contribution in [3.8, 4) is 5.69 Å². The molecule has 0 aliphatic heterocycles. The average Bonchev–Trinajstić information content (AvgIpc) is 2.65. The molecule has 0 radical (unpaired) electrons. The Bertz CT molecular complexity index is 1240. The molecule has 2 amide bonds. The van der Waals surface area contributed by atoms with Gasteiger partial charge in [0.05, 0.1) is 22.2 Å². The minimum Gasteiger partial charge on any atom is -0.444 e. The van der Waals surface area contributed by atoms with Crippen LogP contribution < -0.4 is 16.6 Å². The lowest BCUT2D eigenvalue weighted by molar-refractivity contribution is 0.0528. The van der Waals surface area contributed by atoms with Crippen molar-refractivity contribution in [3.63, 3.8) is 0 Å². The first kappa shape index (κ1) is 22.9. The van der Waals surface area contributed by atoms with E-state index >= 15 is 0 Å². The Morgan fingerprint density at radius 3 is 2.41 bits per heavy atom. The number of halogens is 2. The third-order valence-corrected chi connectivity index (χ3v) is 4.35. The van der Waals surface area contributed by atoms with Gasteiger partial charge >= 0.3 is 6.09 Å². The Kier molecular flexibility index (Phi) is 6.24. The maximum Gasteiger partial charge on any atom is 0.407 e. The molecule has 0 saturated heterocycles. The number of nitrogens with zero attached hydrogens (tertiary/aromatic N) is 2. The number of nitrogens with one attached hydrogen (secondary N) is 1. The van der Waals surface area contributed by atoms with Gasteiger partial charge in [0.15, 0.2) is 0 Å². The van der Waals surface area contributed by atoms with Crippen LogP contribution in [0, 0.1) is 11.6 Å². The van der Waals surface area contributed by atoms with Crippen molar-refractivity contribution in [1.82, 2.24) is 14.9 Å². The summed E-state index contributed by atoms with van der Waals surface area (Å²) in [6.45, 7) is 5.16. The number of carbonyl (C=O) groups is 2. The van der Waals surface area contributed by atoms with Gasteiger partial charge in [0.1, 0.15) is 23.1 Å². The molecule has 0 aliphatic rings. The summed E-state index contributed by atoms with van der Waals surface area (Å²) in [5, 5.41) is 2.47. The van der Waals surface area contributed by atoms with E-state index in [2.05, 4.69) is 10.3 Å². The first-order valence-corrected chi connectivity index (χ1v) is 9.74. The van der Waals surface area contributed by atoms with Gasteiger partial charge in [-0.15, -0.1) is 0 Å². The van der Waals surface area contributed by atoms with Crippen molar-refractivity contribution >= 4 is 22.9 Å². The number of rotatable bonds is 5. The topological polar surface area (TPSA) is 116 Å². The Balaban J connectivity index is 2.11. The summed E-state index contributed by atoms with van der Waals surface area (Å²) in [4.78, 5) is 41.5. The molecule has 0 saturated carbocycles. The second-order valence-electron chi connectivity index (χ2n) is 8.04. The van der Waals surface area contributed by atoms with Crippen LogP contribution >= 0.6 is 0 Å². The van der Waals surface area contributed by atoms with Crippen LogP contribution in [0.4, 0.5) is 13.6 Å². The van der Waals surface area contributed by atoms with Crippen molar-refractivity contribution in [2.75, 3.05) is 6.54 Å². The molecule has 0 fully saturated rings. The maximum absolute atomic E-state index is 13.9. The number of hydrogen-bond acceptors (Lipinski definition) is 5. The van der Waals surface area contributed by atoms with Crippen LogP contribution in [-0.2, 0) is 11.2 Å². The number of ether oxygens (including phenoxy) is 1. The Morgan fingerprint density at radius 1 is 1.16 bits per heavy atom. The molecule has 0 atom stereocenters. The van der Waals surface area contributed by atoms with Gasteiger partial charge < -0.3 is 15.8 Å². The third-order valence-electron chi connectivity index (χ3n) is 4.35. The highest BCUT2D eigenvalue weighted by atomic mass is 19.1. The molecular weight excluding hydrogens is 422 g/mol. The van der Waals surface area contributed by atoms with Crippen LogP contribution in [0.15, 0.2) is 41.2 Å². The fourth-order valence-corrected chi connectivity index (χ4v) is 3.17. The van der Waals surface area contributed by atoms with E-state index in [9.17, 15) is 23.2 Å². The zero-order valence-corrected chi connectivity index (χ0v) is 17.7. The molecule has 168 valence electrons. The molecule has 32 heavy (non-hydrogen) atoms. The molecule has 0 spiro atoms. The molecule has 1 heterocycles. The lowest BCUT2D eigenvalue weighted by atomic mass is 10.1. The molecule has 3 rings (SSSR count). The van der Waals surface area contributed by atoms with E-state index in [1.807, 2.05) is 0 Å². The second kappa shape index (κ2) is 8.74. The fraction of sp³-hybridized carbons (Fsp3) is 0.273. The van der Waals surface area contributed by atoms with Gasteiger partial charge in [0, 0.05) is 19.0 Å². The SMILES string of the molecule is CC(C)(C)OC(=O)NCCc1nc2cccc(C(N)=O)c2c(=O)n1-c1cc(F)cc(F)c1. The van der Waals surface area contributed by atoms with Gasteiger partial charge in [-0.3, -0.25) is 14.2 Å². The highest BCUT2D eigenvalue weighted by Crippen LogP contribution is 2.18. The van der Waals surface area contributed by atoms with Crippen LogP contribution in [-0.4, -0.2) is 33.7 Å². The largest absolute Gasteiger partial charge is 0.444 e. The molecule has 2 aromatic carbocycles. The number of carbonyl (C=O) groups excluding carboxylic acids is 2. The van der Waals surface area contributed by atoms with Crippen LogP contribution in [0.3, 0.4) is 0 Å². The van der Waals surface area contributed by atoms with E-state index in [0.29, 0.717) is 6.07 Å². The number of amides is 2. The maximum atomic E-state index is 13.9. The lowest BCUT2D eigenvalue weighted by Crippen LogP contribution is -2.34. The molecule has 3 N–H and O–H groups in total. The van der Waals surface area contributed by atoms with E-state index in [4.69, 9.17) is 10.5 Å². The van der Waals surface area contributed by atoms with E-state index in [1.165, 1.54) is 18.2 Å². The molecule has 3 aromatic rings. The van der Waals surface area contributed by atoms with E-state index in [1.54, 1.807) is 20.8 Å². The van der Waals surface area contributed by atoms with E-state index < -0.39 is 34.8 Å². The molecular formula is C22H22F2N4O4. The number of fused-ring (bicyclic) bond motifs is 1. The highest BCUT2D eigenvalue weighted by Gasteiger charge is 2.20. The summed E-state index contributed by atoms with van der Waals surface area (Å²) in [6.07, 6.45) is -0.636. The number of nitrogens with two attached hydrogens (primary N) is 1. The molecule has 10 heteroatoms. The summed E-state index contributed by atoms with van der Waals surface area (Å²) in [5.41, 5.74) is 3.98. The van der Waals surface area contributed by atoms with Crippen molar-refractivity contribution in [1.29, 1.82) is 0 Å². The number of alkyl carbamates (subject to hydrolysis) is 1. The Hall–Kier alpha value is -3.82. The smallest absolute Gasteiger partial charge is 0.407 e. The van der Waals surface area contributed by atoms with Gasteiger partial charge in [0.25, 0.3) is 5.56 Å². The molecule has 0 bridgehead atoms. The summed E-state index contributed by atoms with van der Waals surface area (Å²) in [5.74, 6) is -2.52. The summed E-state index contributed by atoms with van der Waals surface area (Å²) < 4.78 is 33.9. The molecule has 0 aliphatic carbocycles. The predicted molar refractivity (Wildman–Crippen MR) is 114 cm³/mol. The van der Waals surface area contributed by atoms with Gasteiger partial charge in [-0.2, -0.15) is 0 Å². The monoisotopic (exact) mass is 444 g/mol. The van der Waals surface area contributed by atoms with Crippen molar-refractivity contribution < 1.29 is 23.1 Å². The predicted octanol–water partition coefficient (Wildman–Crippen LogP) is 2.83. The quantitative estimate of drug-likeness (QED) is 0.628. The van der Waals surface area contributed by atoms with Gasteiger partial charge in [-0.05, 0) is 45.0 Å². The normalized spacial score (nSPS) is 11.4. The zero-order chi connectivity index (χ0) is 23.6. The Labute approximate surface area is 182 Å². The van der Waals surface area contributed by atoms with Crippen LogP contribution in [0.5, 0.6) is 0 Å². The molecule has 0 unspecified atom stereocenters. The molecule has 8 nitrogen and oxygen atoms in total. The first-order valence-electron chi connectivity index (χ1n) is 9.74. The summed E-state index contributed by atoms with van der Waals surface area (Å²) in [7, 11) is 0. The average molecular weight is 444 g/mol. The summed E-state index contributed by atoms with van der Waals surface area (Å²) >= 11 is 0. The van der Waals surface area contributed by atoms with Crippen molar-refractivity contribution in [2.24, 2.45) is 5.73 Å². The van der Waals surface area contributed by atoms with Crippen LogP contribution in [0.1, 0.15) is 37.0 Å². The van der Waals surface area contributed by atoms with E-state index in [0.717, 1.165) is 16.7 Å². The number of benzene rings is 2. The van der Waals surface area contributed by atoms with Gasteiger partial charge in [-0.1, -0.05) is 6.07 Å². The minimum absolute atomic E-state index is 0.0279. The number of primary amides is 1. The van der Waals surface area contributed by atoms with Crippen molar-refractivity contribution in [3.05, 3.63) is 69.8 Å². The standard InChI is InChI=1S/C22H22F2N4O4/c1-22(2,3)32-21(31)26-8-7-17-27-16-6-4-5-15(19(25)29)18(16)20(30)28(17)14-10-12(23)9-13(24)11-14/h4-6,9-11H,7-8H2,1-3H3,(H2,25,29)(H,26,31). The van der Waals surface area contributed by atoms with Crippen LogP contribution in [0.25, 0.3) is 16.6 Å². The van der Waals surface area contributed by atoms with Crippen LogP contribution in [0.2, 0.25) is 0 Å². The minimum atomic E-state index is -0.895. The Morgan fingerprint density at radius 2 is 1.81 bits per heavy atom. The zero-order valence-electron chi connectivity index (χ0n) is 17.7. The highest BCUT2D eigenvalue weighted by molar-refractivity contribution is 6.05. The lowest BCUT2D eigenvalue weighted by Gasteiger charge is -2.20. The third kappa shape index (κ3) is 5.08. The second-order valence-corrected chi connectivity index (χ2v) is 8.04. The molecule has 1 aromatic heterocycles.